The van der Waals surface area contributed by atoms with Gasteiger partial charge in [-0.2, -0.15) is 10.2 Å². The fourth-order valence-corrected chi connectivity index (χ4v) is 4.39. The zero-order valence-electron chi connectivity index (χ0n) is 20.9. The predicted molar refractivity (Wildman–Crippen MR) is 143 cm³/mol. The molecule has 2 amide bonds. The van der Waals surface area contributed by atoms with E-state index < -0.39 is 0 Å². The van der Waals surface area contributed by atoms with Crippen LogP contribution in [0.4, 0.5) is 17.2 Å². The van der Waals surface area contributed by atoms with Crippen molar-refractivity contribution in [1.82, 2.24) is 29.8 Å². The molecular formula is C27H30N8O2. The minimum absolute atomic E-state index is 0.0631. The van der Waals surface area contributed by atoms with Crippen molar-refractivity contribution in [3.63, 3.8) is 0 Å². The molecule has 0 radical (unpaired) electrons. The van der Waals surface area contributed by atoms with Crippen molar-refractivity contribution in [2.24, 2.45) is 0 Å². The summed E-state index contributed by atoms with van der Waals surface area (Å²) in [6.45, 7) is 6.60. The quantitative estimate of drug-likeness (QED) is 0.360. The van der Waals surface area contributed by atoms with Crippen LogP contribution in [0.2, 0.25) is 0 Å². The van der Waals surface area contributed by atoms with Crippen molar-refractivity contribution >= 4 is 29.0 Å². The summed E-state index contributed by atoms with van der Waals surface area (Å²) in [4.78, 5) is 27.9. The molecule has 5 rings (SSSR count). The van der Waals surface area contributed by atoms with Gasteiger partial charge >= 0.3 is 0 Å². The van der Waals surface area contributed by atoms with Crippen LogP contribution in [-0.4, -0.2) is 74.3 Å². The summed E-state index contributed by atoms with van der Waals surface area (Å²) in [5.74, 6) is 0.724. The Morgan fingerprint density at radius 1 is 1.03 bits per heavy atom. The number of hydrogen-bond donors (Lipinski definition) is 3. The third-order valence-electron chi connectivity index (χ3n) is 6.48. The first-order valence-electron chi connectivity index (χ1n) is 12.3. The summed E-state index contributed by atoms with van der Waals surface area (Å²) < 4.78 is 1.81. The number of rotatable bonds is 7. The Morgan fingerprint density at radius 3 is 2.49 bits per heavy atom. The smallest absolute Gasteiger partial charge is 0.238 e. The van der Waals surface area contributed by atoms with Crippen LogP contribution < -0.4 is 10.6 Å². The van der Waals surface area contributed by atoms with Crippen molar-refractivity contribution in [3.8, 4) is 16.9 Å². The third-order valence-corrected chi connectivity index (χ3v) is 6.48. The highest BCUT2D eigenvalue weighted by atomic mass is 16.2. The minimum atomic E-state index is -0.0631. The lowest BCUT2D eigenvalue weighted by Gasteiger charge is -2.33. The molecular weight excluding hydrogens is 468 g/mol. The van der Waals surface area contributed by atoms with Crippen LogP contribution in [0.25, 0.3) is 16.9 Å². The molecule has 10 heteroatoms. The van der Waals surface area contributed by atoms with Gasteiger partial charge in [0.25, 0.3) is 0 Å². The van der Waals surface area contributed by atoms with Crippen LogP contribution in [0, 0.1) is 6.92 Å². The van der Waals surface area contributed by atoms with Crippen molar-refractivity contribution in [2.45, 2.75) is 13.8 Å². The number of H-pyrrole nitrogens is 1. The summed E-state index contributed by atoms with van der Waals surface area (Å²) in [6.07, 6.45) is 3.66. The number of nitrogens with zero attached hydrogens (tertiary/aromatic N) is 5. The van der Waals surface area contributed by atoms with Crippen LogP contribution in [0.5, 0.6) is 0 Å². The first-order valence-corrected chi connectivity index (χ1v) is 12.3. The SMILES string of the molecule is CC(=O)N1CCN(CC(=O)Nc2ccc(Nc3cc(-c4ccc(-n5cccn5)cc4)[nH]n3)c(C)c2)CC1. The zero-order valence-corrected chi connectivity index (χ0v) is 20.9. The zero-order chi connectivity index (χ0) is 25.8. The summed E-state index contributed by atoms with van der Waals surface area (Å²) in [7, 11) is 0. The molecule has 1 saturated heterocycles. The molecule has 3 N–H and O–H groups in total. The molecule has 3 heterocycles. The Hall–Kier alpha value is -4.44. The molecule has 0 saturated carbocycles. The molecule has 1 aliphatic heterocycles. The fraction of sp³-hybridized carbons (Fsp3) is 0.259. The van der Waals surface area contributed by atoms with E-state index in [9.17, 15) is 9.59 Å². The molecule has 0 aliphatic carbocycles. The summed E-state index contributed by atoms with van der Waals surface area (Å²) in [5, 5.41) is 18.1. The standard InChI is InChI=1S/C27H30N8O2/c1-19-16-22(29-27(37)18-33-12-14-34(15-13-33)20(2)36)6-9-24(19)30-26-17-25(31-32-26)21-4-7-23(8-5-21)35-11-3-10-28-35/h3-11,16-17H,12-15,18H2,1-2H3,(H,29,37)(H2,30,31,32). The Bertz CT molecular complexity index is 1370. The molecule has 1 aliphatic rings. The van der Waals surface area contributed by atoms with Crippen LogP contribution in [0.1, 0.15) is 12.5 Å². The van der Waals surface area contributed by atoms with Gasteiger partial charge in [0.1, 0.15) is 0 Å². The third kappa shape index (κ3) is 5.87. The van der Waals surface area contributed by atoms with Gasteiger partial charge in [-0.05, 0) is 54.4 Å². The van der Waals surface area contributed by atoms with Crippen LogP contribution in [-0.2, 0) is 9.59 Å². The number of benzene rings is 2. The van der Waals surface area contributed by atoms with Gasteiger partial charge < -0.3 is 15.5 Å². The topological polar surface area (TPSA) is 111 Å². The molecule has 190 valence electrons. The number of carbonyl (C=O) groups excluding carboxylic acids is 2. The second kappa shape index (κ2) is 10.7. The molecule has 0 unspecified atom stereocenters. The summed E-state index contributed by atoms with van der Waals surface area (Å²) in [6, 6.07) is 17.7. The van der Waals surface area contributed by atoms with Gasteiger partial charge in [-0.3, -0.25) is 19.6 Å². The Morgan fingerprint density at radius 2 is 1.81 bits per heavy atom. The highest BCUT2D eigenvalue weighted by Gasteiger charge is 2.20. The summed E-state index contributed by atoms with van der Waals surface area (Å²) >= 11 is 0. The van der Waals surface area contributed by atoms with Crippen molar-refractivity contribution in [3.05, 3.63) is 72.6 Å². The molecule has 2 aromatic carbocycles. The summed E-state index contributed by atoms with van der Waals surface area (Å²) in [5.41, 5.74) is 5.56. The number of aromatic nitrogens is 4. The van der Waals surface area contributed by atoms with E-state index in [4.69, 9.17) is 0 Å². The van der Waals surface area contributed by atoms with Crippen molar-refractivity contribution in [1.29, 1.82) is 0 Å². The maximum atomic E-state index is 12.5. The van der Waals surface area contributed by atoms with Gasteiger partial charge in [-0.25, -0.2) is 4.68 Å². The number of aromatic amines is 1. The Labute approximate surface area is 215 Å². The molecule has 0 atom stereocenters. The van der Waals surface area contributed by atoms with Gasteiger partial charge in [0.2, 0.25) is 11.8 Å². The maximum absolute atomic E-state index is 12.5. The van der Waals surface area contributed by atoms with E-state index in [1.807, 2.05) is 77.3 Å². The number of carbonyl (C=O) groups is 2. The lowest BCUT2D eigenvalue weighted by Crippen LogP contribution is -2.49. The number of anilines is 3. The number of amides is 2. The van der Waals surface area contributed by atoms with Crippen LogP contribution in [0.15, 0.2) is 67.0 Å². The molecule has 2 aromatic heterocycles. The van der Waals surface area contributed by atoms with Gasteiger partial charge in [-0.15, -0.1) is 0 Å². The highest BCUT2D eigenvalue weighted by Crippen LogP contribution is 2.26. The van der Waals surface area contributed by atoms with E-state index in [-0.39, 0.29) is 11.8 Å². The van der Waals surface area contributed by atoms with E-state index in [1.54, 1.807) is 13.1 Å². The second-order valence-electron chi connectivity index (χ2n) is 9.15. The average Bonchev–Trinajstić information content (AvgIpc) is 3.59. The van der Waals surface area contributed by atoms with Gasteiger partial charge in [0, 0.05) is 62.9 Å². The normalized spacial score (nSPS) is 13.9. The molecule has 1 fully saturated rings. The monoisotopic (exact) mass is 498 g/mol. The first-order chi connectivity index (χ1) is 17.9. The number of nitrogens with one attached hydrogen (secondary N) is 3. The fourth-order valence-electron chi connectivity index (χ4n) is 4.39. The first kappa shape index (κ1) is 24.3. The lowest BCUT2D eigenvalue weighted by atomic mass is 10.1. The molecule has 0 spiro atoms. The van der Waals surface area contributed by atoms with Gasteiger partial charge in [-0.1, -0.05) is 12.1 Å². The molecule has 37 heavy (non-hydrogen) atoms. The van der Waals surface area contributed by atoms with Crippen LogP contribution in [0.3, 0.4) is 0 Å². The van der Waals surface area contributed by atoms with Gasteiger partial charge in [0.05, 0.1) is 17.9 Å². The van der Waals surface area contributed by atoms with E-state index in [1.165, 1.54) is 0 Å². The predicted octanol–water partition coefficient (Wildman–Crippen LogP) is 3.42. The number of hydrogen-bond acceptors (Lipinski definition) is 6. The Balaban J connectivity index is 1.16. The van der Waals surface area contributed by atoms with Crippen LogP contribution >= 0.6 is 0 Å². The largest absolute Gasteiger partial charge is 0.340 e. The molecule has 0 bridgehead atoms. The maximum Gasteiger partial charge on any atom is 0.238 e. The number of piperazine rings is 1. The van der Waals surface area contributed by atoms with E-state index in [0.29, 0.717) is 38.5 Å². The molecule has 4 aromatic rings. The minimum Gasteiger partial charge on any atom is -0.340 e. The van der Waals surface area contributed by atoms with E-state index in [0.717, 1.165) is 33.9 Å². The molecule has 10 nitrogen and oxygen atoms in total. The van der Waals surface area contributed by atoms with E-state index in [2.05, 4.69) is 30.8 Å². The highest BCUT2D eigenvalue weighted by molar-refractivity contribution is 5.92. The number of aryl methyl sites for hydroxylation is 1. The second-order valence-corrected chi connectivity index (χ2v) is 9.15. The van der Waals surface area contributed by atoms with Crippen molar-refractivity contribution in [2.75, 3.05) is 43.4 Å². The van der Waals surface area contributed by atoms with E-state index >= 15 is 0 Å². The van der Waals surface area contributed by atoms with Gasteiger partial charge in [0.15, 0.2) is 5.82 Å². The lowest BCUT2D eigenvalue weighted by molar-refractivity contribution is -0.130. The average molecular weight is 499 g/mol. The Kier molecular flexibility index (Phi) is 7.00. The van der Waals surface area contributed by atoms with Crippen molar-refractivity contribution < 1.29 is 9.59 Å².